The van der Waals surface area contributed by atoms with E-state index in [2.05, 4.69) is 47.4 Å². The van der Waals surface area contributed by atoms with Gasteiger partial charge in [0.25, 0.3) is 0 Å². The number of para-hydroxylation sites is 1. The molecule has 26 heavy (non-hydrogen) atoms. The fourth-order valence-electron chi connectivity index (χ4n) is 3.87. The van der Waals surface area contributed by atoms with Gasteiger partial charge in [0.05, 0.1) is 19.6 Å². The molecular formula is C22H23NO3. The van der Waals surface area contributed by atoms with Crippen LogP contribution in [0.4, 0.5) is 0 Å². The van der Waals surface area contributed by atoms with E-state index >= 15 is 0 Å². The molecule has 1 N–H and O–H groups in total. The van der Waals surface area contributed by atoms with Crippen molar-refractivity contribution in [2.45, 2.75) is 31.8 Å². The van der Waals surface area contributed by atoms with Crippen LogP contribution < -0.4 is 0 Å². The number of carbonyl (C=O) groups is 1. The molecule has 2 aromatic carbocycles. The highest BCUT2D eigenvalue weighted by Crippen LogP contribution is 2.41. The second kappa shape index (κ2) is 7.34. The zero-order valence-electron chi connectivity index (χ0n) is 14.9. The average molecular weight is 349 g/mol. The smallest absolute Gasteiger partial charge is 0.308 e. The molecule has 2 atom stereocenters. The van der Waals surface area contributed by atoms with Crippen LogP contribution in [0, 0.1) is 0 Å². The normalized spacial score (nSPS) is 19.3. The minimum Gasteiger partial charge on any atom is -0.466 e. The first-order valence-electron chi connectivity index (χ1n) is 9.18. The standard InChI is InChI=1S/C22H23NO3/c1-2-25-20(24)13-19-22-21(17-10-6-7-11-18(17)23-22)16(14-26-19)12-15-8-4-3-5-9-15/h3-11,16,19,23H,2,12-14H2,1H3. The third kappa shape index (κ3) is 3.25. The van der Waals surface area contributed by atoms with Crippen LogP contribution in [0.5, 0.6) is 0 Å². The number of rotatable bonds is 5. The molecule has 1 aliphatic rings. The minimum absolute atomic E-state index is 0.219. The van der Waals surface area contributed by atoms with Gasteiger partial charge < -0.3 is 14.5 Å². The summed E-state index contributed by atoms with van der Waals surface area (Å²) in [5.74, 6) is 0.0469. The van der Waals surface area contributed by atoms with Gasteiger partial charge in [-0.15, -0.1) is 0 Å². The number of benzene rings is 2. The van der Waals surface area contributed by atoms with Crippen molar-refractivity contribution < 1.29 is 14.3 Å². The number of H-pyrrole nitrogens is 1. The lowest BCUT2D eigenvalue weighted by molar-refractivity contribution is -0.147. The van der Waals surface area contributed by atoms with E-state index in [1.54, 1.807) is 0 Å². The largest absolute Gasteiger partial charge is 0.466 e. The van der Waals surface area contributed by atoms with Crippen molar-refractivity contribution in [3.05, 3.63) is 71.4 Å². The Hall–Kier alpha value is -2.59. The topological polar surface area (TPSA) is 51.3 Å². The SMILES string of the molecule is CCOC(=O)CC1OCC(Cc2ccccc2)c2c1[nH]c1ccccc21. The summed E-state index contributed by atoms with van der Waals surface area (Å²) < 4.78 is 11.2. The van der Waals surface area contributed by atoms with Gasteiger partial charge in [0.15, 0.2) is 0 Å². The number of aromatic amines is 1. The molecule has 0 aliphatic carbocycles. The average Bonchev–Trinajstić information content (AvgIpc) is 3.05. The number of ether oxygens (including phenoxy) is 2. The van der Waals surface area contributed by atoms with Gasteiger partial charge in [-0.3, -0.25) is 4.79 Å². The van der Waals surface area contributed by atoms with Gasteiger partial charge in [0, 0.05) is 22.5 Å². The Morgan fingerprint density at radius 1 is 1.15 bits per heavy atom. The molecule has 0 saturated heterocycles. The van der Waals surface area contributed by atoms with E-state index in [9.17, 15) is 4.79 Å². The molecule has 3 aromatic rings. The quantitative estimate of drug-likeness (QED) is 0.689. The summed E-state index contributed by atoms with van der Waals surface area (Å²) in [7, 11) is 0. The van der Waals surface area contributed by atoms with Gasteiger partial charge in [-0.05, 0) is 30.5 Å². The molecule has 0 fully saturated rings. The van der Waals surface area contributed by atoms with Crippen molar-refractivity contribution in [1.82, 2.24) is 4.98 Å². The van der Waals surface area contributed by atoms with Crippen molar-refractivity contribution in [1.29, 1.82) is 0 Å². The molecule has 4 heteroatoms. The highest BCUT2D eigenvalue weighted by molar-refractivity contribution is 5.86. The minimum atomic E-state index is -0.275. The van der Waals surface area contributed by atoms with E-state index in [4.69, 9.17) is 9.47 Å². The summed E-state index contributed by atoms with van der Waals surface area (Å²) in [6.45, 7) is 2.82. The van der Waals surface area contributed by atoms with E-state index in [1.165, 1.54) is 16.5 Å². The van der Waals surface area contributed by atoms with Crippen LogP contribution in [-0.4, -0.2) is 24.2 Å². The van der Waals surface area contributed by atoms with Gasteiger partial charge in [0.2, 0.25) is 0 Å². The summed E-state index contributed by atoms with van der Waals surface area (Å²) in [4.78, 5) is 15.5. The van der Waals surface area contributed by atoms with Gasteiger partial charge in [-0.1, -0.05) is 48.5 Å². The Bertz CT molecular complexity index is 900. The Kier molecular flexibility index (Phi) is 4.76. The maximum Gasteiger partial charge on any atom is 0.308 e. The maximum atomic E-state index is 12.0. The summed E-state index contributed by atoms with van der Waals surface area (Å²) in [6.07, 6.45) is 0.886. The molecule has 134 valence electrons. The first-order valence-corrected chi connectivity index (χ1v) is 9.18. The van der Waals surface area contributed by atoms with Gasteiger partial charge in [-0.25, -0.2) is 0 Å². The second-order valence-corrected chi connectivity index (χ2v) is 6.72. The van der Waals surface area contributed by atoms with Crippen LogP contribution >= 0.6 is 0 Å². The van der Waals surface area contributed by atoms with Crippen molar-refractivity contribution >= 4 is 16.9 Å². The fraction of sp³-hybridized carbons (Fsp3) is 0.318. The van der Waals surface area contributed by atoms with Crippen LogP contribution in [-0.2, 0) is 20.7 Å². The Morgan fingerprint density at radius 3 is 2.73 bits per heavy atom. The van der Waals surface area contributed by atoms with E-state index in [0.717, 1.165) is 17.6 Å². The summed E-state index contributed by atoms with van der Waals surface area (Å²) in [5.41, 5.74) is 4.69. The lowest BCUT2D eigenvalue weighted by Gasteiger charge is -2.29. The maximum absolute atomic E-state index is 12.0. The third-order valence-electron chi connectivity index (χ3n) is 4.99. The van der Waals surface area contributed by atoms with E-state index in [1.807, 2.05) is 19.1 Å². The van der Waals surface area contributed by atoms with Crippen molar-refractivity contribution in [2.24, 2.45) is 0 Å². The van der Waals surface area contributed by atoms with E-state index < -0.39 is 0 Å². The molecule has 0 saturated carbocycles. The molecular weight excluding hydrogens is 326 g/mol. The number of hydrogen-bond donors (Lipinski definition) is 1. The van der Waals surface area contributed by atoms with Gasteiger partial charge in [0.1, 0.15) is 6.10 Å². The van der Waals surface area contributed by atoms with E-state index in [-0.39, 0.29) is 24.4 Å². The number of fused-ring (bicyclic) bond motifs is 3. The van der Waals surface area contributed by atoms with Crippen LogP contribution in [0.2, 0.25) is 0 Å². The van der Waals surface area contributed by atoms with Crippen molar-refractivity contribution in [3.63, 3.8) is 0 Å². The van der Waals surface area contributed by atoms with Crippen molar-refractivity contribution in [3.8, 4) is 0 Å². The Labute approximate surface area is 153 Å². The highest BCUT2D eigenvalue weighted by Gasteiger charge is 2.33. The number of esters is 1. The molecule has 0 amide bonds. The first-order chi connectivity index (χ1) is 12.8. The Balaban J connectivity index is 1.70. The van der Waals surface area contributed by atoms with E-state index in [0.29, 0.717) is 13.2 Å². The number of carbonyl (C=O) groups excluding carboxylic acids is 1. The number of hydrogen-bond acceptors (Lipinski definition) is 3. The summed E-state index contributed by atoms with van der Waals surface area (Å²) in [6, 6.07) is 18.8. The first kappa shape index (κ1) is 16.9. The van der Waals surface area contributed by atoms with Crippen LogP contribution in [0.1, 0.15) is 42.2 Å². The molecule has 0 spiro atoms. The fourth-order valence-corrected chi connectivity index (χ4v) is 3.87. The molecule has 2 heterocycles. The zero-order chi connectivity index (χ0) is 17.9. The highest BCUT2D eigenvalue weighted by atomic mass is 16.5. The predicted molar refractivity (Wildman–Crippen MR) is 101 cm³/mol. The second-order valence-electron chi connectivity index (χ2n) is 6.72. The number of nitrogens with one attached hydrogen (secondary N) is 1. The van der Waals surface area contributed by atoms with Crippen LogP contribution in [0.15, 0.2) is 54.6 Å². The molecule has 0 radical (unpaired) electrons. The molecule has 2 unspecified atom stereocenters. The Morgan fingerprint density at radius 2 is 1.92 bits per heavy atom. The lowest BCUT2D eigenvalue weighted by Crippen LogP contribution is -2.24. The summed E-state index contributed by atoms with van der Waals surface area (Å²) >= 11 is 0. The molecule has 4 nitrogen and oxygen atoms in total. The predicted octanol–water partition coefficient (Wildman–Crippen LogP) is 4.52. The van der Waals surface area contributed by atoms with Crippen LogP contribution in [0.3, 0.4) is 0 Å². The molecule has 1 aromatic heterocycles. The van der Waals surface area contributed by atoms with Gasteiger partial charge >= 0.3 is 5.97 Å². The number of aromatic nitrogens is 1. The zero-order valence-corrected chi connectivity index (χ0v) is 14.9. The van der Waals surface area contributed by atoms with Gasteiger partial charge in [-0.2, -0.15) is 0 Å². The summed E-state index contributed by atoms with van der Waals surface area (Å²) in [5, 5.41) is 1.22. The molecule has 4 rings (SSSR count). The monoisotopic (exact) mass is 349 g/mol. The third-order valence-corrected chi connectivity index (χ3v) is 4.99. The molecule has 1 aliphatic heterocycles. The van der Waals surface area contributed by atoms with Crippen LogP contribution in [0.25, 0.3) is 10.9 Å². The van der Waals surface area contributed by atoms with Crippen molar-refractivity contribution in [2.75, 3.05) is 13.2 Å². The lowest BCUT2D eigenvalue weighted by atomic mass is 9.87. The molecule has 0 bridgehead atoms.